The Balaban J connectivity index is 1.81. The van der Waals surface area contributed by atoms with Crippen molar-refractivity contribution < 1.29 is 17.9 Å². The van der Waals surface area contributed by atoms with Gasteiger partial charge < -0.3 is 10.1 Å². The van der Waals surface area contributed by atoms with E-state index in [0.717, 1.165) is 24.8 Å². The third-order valence-electron chi connectivity index (χ3n) is 5.37. The summed E-state index contributed by atoms with van der Waals surface area (Å²) in [7, 11) is -2.58. The molecule has 1 amide bonds. The number of unbranched alkanes of at least 4 members (excludes halogenated alkanes) is 1. The molecule has 0 radical (unpaired) electrons. The Bertz CT molecular complexity index is 1200. The summed E-state index contributed by atoms with van der Waals surface area (Å²) in [6.45, 7) is 2.14. The number of sulfonamides is 1. The second-order valence-corrected chi connectivity index (χ2v) is 10.1. The molecule has 0 unspecified atom stereocenters. The molecule has 180 valence electrons. The summed E-state index contributed by atoms with van der Waals surface area (Å²) < 4.78 is 33.8. The van der Waals surface area contributed by atoms with Gasteiger partial charge in [0, 0.05) is 5.69 Å². The monoisotopic (exact) mass is 500 g/mol. The predicted molar refractivity (Wildman–Crippen MR) is 136 cm³/mol. The molecule has 3 aromatic carbocycles. The van der Waals surface area contributed by atoms with E-state index in [1.54, 1.807) is 0 Å². The standard InChI is InChI=1S/C26H29ClN2O4S/c1-3-4-8-19-11-13-21(14-12-19)28-26(30)24(17-20-9-6-5-7-10-20)29-34(31,32)22-15-16-25(33-2)23(27)18-22/h5-7,9-16,18,24,29H,3-4,8,17H2,1-2H3,(H,28,30)/t24-/m1/s1. The zero-order valence-corrected chi connectivity index (χ0v) is 20.8. The second-order valence-electron chi connectivity index (χ2n) is 7.95. The number of hydrogen-bond acceptors (Lipinski definition) is 4. The molecule has 6 nitrogen and oxygen atoms in total. The Kier molecular flexibility index (Phi) is 9.10. The summed E-state index contributed by atoms with van der Waals surface area (Å²) in [5, 5.41) is 3.00. The van der Waals surface area contributed by atoms with Crippen molar-refractivity contribution in [2.45, 2.75) is 43.5 Å². The van der Waals surface area contributed by atoms with Crippen LogP contribution in [0.4, 0.5) is 5.69 Å². The van der Waals surface area contributed by atoms with Crippen LogP contribution in [0.3, 0.4) is 0 Å². The van der Waals surface area contributed by atoms with Gasteiger partial charge in [0.2, 0.25) is 15.9 Å². The fraction of sp³-hybridized carbons (Fsp3) is 0.269. The smallest absolute Gasteiger partial charge is 0.242 e. The summed E-state index contributed by atoms with van der Waals surface area (Å²) in [5.41, 5.74) is 2.63. The summed E-state index contributed by atoms with van der Waals surface area (Å²) in [6, 6.07) is 20.0. The number of amides is 1. The molecule has 0 aliphatic rings. The predicted octanol–water partition coefficient (Wildman–Crippen LogP) is 5.22. The third kappa shape index (κ3) is 7.06. The summed E-state index contributed by atoms with van der Waals surface area (Å²) in [5.74, 6) is -0.0880. The van der Waals surface area contributed by atoms with Gasteiger partial charge in [-0.25, -0.2) is 8.42 Å². The van der Waals surface area contributed by atoms with Gasteiger partial charge in [0.05, 0.1) is 17.0 Å². The van der Waals surface area contributed by atoms with Gasteiger partial charge in [-0.1, -0.05) is 67.4 Å². The van der Waals surface area contributed by atoms with E-state index in [-0.39, 0.29) is 16.3 Å². The highest BCUT2D eigenvalue weighted by atomic mass is 35.5. The minimum absolute atomic E-state index is 0.0514. The number of carbonyl (C=O) groups is 1. The molecule has 3 aromatic rings. The lowest BCUT2D eigenvalue weighted by Crippen LogP contribution is -2.45. The fourth-order valence-electron chi connectivity index (χ4n) is 3.47. The number of methoxy groups -OCH3 is 1. The maximum Gasteiger partial charge on any atom is 0.242 e. The van der Waals surface area contributed by atoms with E-state index in [0.29, 0.717) is 11.4 Å². The Labute approximate surface area is 206 Å². The average molecular weight is 501 g/mol. The number of benzene rings is 3. The zero-order valence-electron chi connectivity index (χ0n) is 19.3. The quantitative estimate of drug-likeness (QED) is 0.378. The van der Waals surface area contributed by atoms with Crippen LogP contribution in [0, 0.1) is 0 Å². The summed E-state index contributed by atoms with van der Waals surface area (Å²) in [4.78, 5) is 13.1. The van der Waals surface area contributed by atoms with Crippen LogP contribution in [0.2, 0.25) is 5.02 Å². The van der Waals surface area contributed by atoms with E-state index in [1.165, 1.54) is 30.9 Å². The van der Waals surface area contributed by atoms with Crippen molar-refractivity contribution in [3.63, 3.8) is 0 Å². The number of aryl methyl sites for hydroxylation is 1. The van der Waals surface area contributed by atoms with Crippen LogP contribution in [-0.2, 0) is 27.7 Å². The molecule has 2 N–H and O–H groups in total. The number of rotatable bonds is 11. The highest BCUT2D eigenvalue weighted by Crippen LogP contribution is 2.27. The van der Waals surface area contributed by atoms with E-state index >= 15 is 0 Å². The lowest BCUT2D eigenvalue weighted by atomic mass is 10.1. The number of hydrogen-bond donors (Lipinski definition) is 2. The van der Waals surface area contributed by atoms with Crippen molar-refractivity contribution in [1.82, 2.24) is 4.72 Å². The Hall–Kier alpha value is -2.87. The van der Waals surface area contributed by atoms with Crippen LogP contribution in [0.1, 0.15) is 30.9 Å². The molecule has 3 rings (SSSR count). The molecule has 0 aliphatic heterocycles. The van der Waals surface area contributed by atoms with Gasteiger partial charge in [-0.3, -0.25) is 4.79 Å². The van der Waals surface area contributed by atoms with Crippen molar-refractivity contribution in [2.75, 3.05) is 12.4 Å². The molecule has 0 saturated carbocycles. The van der Waals surface area contributed by atoms with Gasteiger partial charge in [0.25, 0.3) is 0 Å². The molecule has 0 heterocycles. The molecule has 8 heteroatoms. The summed E-state index contributed by atoms with van der Waals surface area (Å²) >= 11 is 6.12. The molecule has 0 aromatic heterocycles. The molecule has 0 fully saturated rings. The number of halogens is 1. The number of ether oxygens (including phenoxy) is 1. The highest BCUT2D eigenvalue weighted by Gasteiger charge is 2.27. The normalized spacial score (nSPS) is 12.2. The average Bonchev–Trinajstić information content (AvgIpc) is 2.83. The lowest BCUT2D eigenvalue weighted by Gasteiger charge is -2.19. The first-order valence-corrected chi connectivity index (χ1v) is 13.0. The summed E-state index contributed by atoms with van der Waals surface area (Å²) in [6.07, 6.45) is 3.37. The molecule has 0 bridgehead atoms. The van der Waals surface area contributed by atoms with Crippen LogP contribution >= 0.6 is 11.6 Å². The van der Waals surface area contributed by atoms with Crippen LogP contribution < -0.4 is 14.8 Å². The molecule has 34 heavy (non-hydrogen) atoms. The molecule has 0 saturated heterocycles. The Morgan fingerprint density at radius 2 is 1.71 bits per heavy atom. The largest absolute Gasteiger partial charge is 0.495 e. The maximum atomic E-state index is 13.2. The van der Waals surface area contributed by atoms with Crippen molar-refractivity contribution in [2.24, 2.45) is 0 Å². The van der Waals surface area contributed by atoms with Crippen molar-refractivity contribution >= 4 is 33.2 Å². The lowest BCUT2D eigenvalue weighted by molar-refractivity contribution is -0.117. The second kappa shape index (κ2) is 12.0. The van der Waals surface area contributed by atoms with Crippen LogP contribution in [0.5, 0.6) is 5.75 Å². The highest BCUT2D eigenvalue weighted by molar-refractivity contribution is 7.89. The molecule has 0 spiro atoms. The minimum atomic E-state index is -4.03. The van der Waals surface area contributed by atoms with E-state index in [1.807, 2.05) is 54.6 Å². The van der Waals surface area contributed by atoms with Gasteiger partial charge >= 0.3 is 0 Å². The van der Waals surface area contributed by atoms with Crippen LogP contribution in [0.15, 0.2) is 77.7 Å². The van der Waals surface area contributed by atoms with E-state index < -0.39 is 22.0 Å². The van der Waals surface area contributed by atoms with E-state index in [4.69, 9.17) is 16.3 Å². The number of anilines is 1. The third-order valence-corrected chi connectivity index (χ3v) is 7.14. The van der Waals surface area contributed by atoms with Gasteiger partial charge in [-0.15, -0.1) is 0 Å². The SMILES string of the molecule is CCCCc1ccc(NC(=O)[C@@H](Cc2ccccc2)NS(=O)(=O)c2ccc(OC)c(Cl)c2)cc1. The van der Waals surface area contributed by atoms with Gasteiger partial charge in [-0.2, -0.15) is 4.72 Å². The van der Waals surface area contributed by atoms with Crippen molar-refractivity contribution in [3.05, 3.63) is 88.9 Å². The van der Waals surface area contributed by atoms with E-state index in [2.05, 4.69) is 17.0 Å². The number of nitrogens with one attached hydrogen (secondary N) is 2. The first kappa shape index (κ1) is 25.7. The molecule has 1 atom stereocenters. The van der Waals surface area contributed by atoms with Gasteiger partial charge in [0.15, 0.2) is 0 Å². The molecular weight excluding hydrogens is 472 g/mol. The minimum Gasteiger partial charge on any atom is -0.495 e. The zero-order chi connectivity index (χ0) is 24.6. The first-order chi connectivity index (χ1) is 16.3. The van der Waals surface area contributed by atoms with Crippen molar-refractivity contribution in [1.29, 1.82) is 0 Å². The molecule has 0 aliphatic carbocycles. The maximum absolute atomic E-state index is 13.2. The topological polar surface area (TPSA) is 84.5 Å². The molecular formula is C26H29ClN2O4S. The Morgan fingerprint density at radius 3 is 2.32 bits per heavy atom. The fourth-order valence-corrected chi connectivity index (χ4v) is 5.02. The Morgan fingerprint density at radius 1 is 1.00 bits per heavy atom. The van der Waals surface area contributed by atoms with E-state index in [9.17, 15) is 13.2 Å². The van der Waals surface area contributed by atoms with Crippen molar-refractivity contribution in [3.8, 4) is 5.75 Å². The van der Waals surface area contributed by atoms with Crippen LogP contribution in [-0.4, -0.2) is 27.5 Å². The van der Waals surface area contributed by atoms with Crippen LogP contribution in [0.25, 0.3) is 0 Å². The van der Waals surface area contributed by atoms with Gasteiger partial charge in [-0.05, 0) is 60.7 Å². The first-order valence-electron chi connectivity index (χ1n) is 11.1. The number of carbonyl (C=O) groups excluding carboxylic acids is 1. The van der Waals surface area contributed by atoms with Gasteiger partial charge in [0.1, 0.15) is 11.8 Å².